The molecular formula is C19H20N4O3S. The number of aromatic nitrogens is 2. The van der Waals surface area contributed by atoms with Gasteiger partial charge in [-0.05, 0) is 38.8 Å². The summed E-state index contributed by atoms with van der Waals surface area (Å²) in [7, 11) is 1.71. The van der Waals surface area contributed by atoms with E-state index < -0.39 is 4.92 Å². The summed E-state index contributed by atoms with van der Waals surface area (Å²) >= 11 is 1.36. The van der Waals surface area contributed by atoms with Crippen LogP contribution in [0, 0.1) is 30.9 Å². The maximum Gasteiger partial charge on any atom is 0.269 e. The average molecular weight is 384 g/mol. The van der Waals surface area contributed by atoms with Gasteiger partial charge >= 0.3 is 0 Å². The molecule has 0 fully saturated rings. The summed E-state index contributed by atoms with van der Waals surface area (Å²) < 4.78 is 0. The van der Waals surface area contributed by atoms with Gasteiger partial charge in [0.25, 0.3) is 11.6 Å². The minimum absolute atomic E-state index is 0.0135. The topological polar surface area (TPSA) is 89.2 Å². The smallest absolute Gasteiger partial charge is 0.269 e. The maximum absolute atomic E-state index is 13.1. The molecule has 0 radical (unpaired) electrons. The van der Waals surface area contributed by atoms with Crippen LogP contribution < -0.4 is 0 Å². The van der Waals surface area contributed by atoms with E-state index in [-0.39, 0.29) is 17.6 Å². The van der Waals surface area contributed by atoms with Crippen LogP contribution in [0.3, 0.4) is 0 Å². The second-order valence-corrected chi connectivity index (χ2v) is 7.54. The second-order valence-electron chi connectivity index (χ2n) is 6.54. The van der Waals surface area contributed by atoms with Crippen molar-refractivity contribution in [1.29, 1.82) is 0 Å². The van der Waals surface area contributed by atoms with Crippen molar-refractivity contribution in [2.75, 3.05) is 7.05 Å². The van der Waals surface area contributed by atoms with Gasteiger partial charge in [0.2, 0.25) is 0 Å². The highest BCUT2D eigenvalue weighted by atomic mass is 32.1. The molecule has 1 atom stereocenters. The highest BCUT2D eigenvalue weighted by molar-refractivity contribution is 7.20. The van der Waals surface area contributed by atoms with Gasteiger partial charge in [-0.25, -0.2) is 9.97 Å². The van der Waals surface area contributed by atoms with Gasteiger partial charge in [-0.2, -0.15) is 0 Å². The van der Waals surface area contributed by atoms with Crippen LogP contribution in [0.25, 0.3) is 10.2 Å². The number of nitro benzene ring substituents is 1. The van der Waals surface area contributed by atoms with E-state index in [1.807, 2.05) is 27.7 Å². The number of thiophene rings is 1. The van der Waals surface area contributed by atoms with Crippen molar-refractivity contribution in [3.8, 4) is 0 Å². The lowest BCUT2D eigenvalue weighted by Crippen LogP contribution is -2.29. The molecule has 7 nitrogen and oxygen atoms in total. The Balaban J connectivity index is 1.97. The van der Waals surface area contributed by atoms with E-state index in [0.29, 0.717) is 16.3 Å². The highest BCUT2D eigenvalue weighted by Gasteiger charge is 2.25. The fourth-order valence-electron chi connectivity index (χ4n) is 3.14. The van der Waals surface area contributed by atoms with Gasteiger partial charge in [0.15, 0.2) is 0 Å². The number of amides is 1. The number of hydrogen-bond donors (Lipinski definition) is 0. The zero-order valence-corrected chi connectivity index (χ0v) is 16.6. The molecule has 27 heavy (non-hydrogen) atoms. The van der Waals surface area contributed by atoms with Crippen molar-refractivity contribution < 1.29 is 9.72 Å². The van der Waals surface area contributed by atoms with Crippen LogP contribution in [-0.2, 0) is 0 Å². The zero-order chi connectivity index (χ0) is 19.9. The van der Waals surface area contributed by atoms with Crippen LogP contribution in [0.15, 0.2) is 24.3 Å². The molecule has 0 aliphatic heterocycles. The number of carbonyl (C=O) groups excluding carboxylic acids is 1. The molecule has 0 aliphatic carbocycles. The lowest BCUT2D eigenvalue weighted by molar-refractivity contribution is -0.384. The molecule has 1 unspecified atom stereocenters. The van der Waals surface area contributed by atoms with Crippen molar-refractivity contribution >= 4 is 33.1 Å². The first-order valence-corrected chi connectivity index (χ1v) is 9.28. The molecule has 2 heterocycles. The van der Waals surface area contributed by atoms with Gasteiger partial charge in [-0.15, -0.1) is 11.3 Å². The van der Waals surface area contributed by atoms with Crippen LogP contribution >= 0.6 is 11.3 Å². The molecule has 3 rings (SSSR count). The molecule has 0 bridgehead atoms. The average Bonchev–Trinajstić information content (AvgIpc) is 2.96. The highest BCUT2D eigenvalue weighted by Crippen LogP contribution is 2.33. The van der Waals surface area contributed by atoms with E-state index in [1.165, 1.54) is 23.5 Å². The molecule has 8 heteroatoms. The van der Waals surface area contributed by atoms with E-state index >= 15 is 0 Å². The molecule has 0 saturated carbocycles. The predicted molar refractivity (Wildman–Crippen MR) is 105 cm³/mol. The number of nitro groups is 1. The van der Waals surface area contributed by atoms with Gasteiger partial charge in [0, 0.05) is 30.3 Å². The summed E-state index contributed by atoms with van der Waals surface area (Å²) in [4.78, 5) is 35.6. The molecule has 0 spiro atoms. The monoisotopic (exact) mass is 384 g/mol. The van der Waals surface area contributed by atoms with E-state index in [0.717, 1.165) is 21.5 Å². The number of aryl methyl sites for hydroxylation is 3. The first-order chi connectivity index (χ1) is 12.7. The third-order valence-electron chi connectivity index (χ3n) is 4.74. The Hall–Kier alpha value is -2.87. The third-order valence-corrected chi connectivity index (χ3v) is 5.92. The van der Waals surface area contributed by atoms with Crippen molar-refractivity contribution in [2.24, 2.45) is 0 Å². The van der Waals surface area contributed by atoms with Crippen molar-refractivity contribution in [1.82, 2.24) is 14.9 Å². The number of rotatable bonds is 4. The minimum Gasteiger partial charge on any atom is -0.334 e. The van der Waals surface area contributed by atoms with Gasteiger partial charge in [0.1, 0.15) is 10.7 Å². The first kappa shape index (κ1) is 18.9. The number of hydrogen-bond acceptors (Lipinski definition) is 6. The molecule has 0 N–H and O–H groups in total. The predicted octanol–water partition coefficient (Wildman–Crippen LogP) is 4.36. The standard InChI is InChI=1S/C19H20N4O3S/c1-10-16-11(2)20-13(4)21-18(16)27-17(10)19(24)22(5)12(3)14-7-6-8-15(9-14)23(25)26/h6-9,12H,1-5H3. The van der Waals surface area contributed by atoms with Crippen molar-refractivity contribution in [3.05, 3.63) is 61.9 Å². The lowest BCUT2D eigenvalue weighted by Gasteiger charge is -2.25. The van der Waals surface area contributed by atoms with Gasteiger partial charge in [0.05, 0.1) is 15.8 Å². The van der Waals surface area contributed by atoms with Crippen LogP contribution in [0.1, 0.15) is 45.3 Å². The largest absolute Gasteiger partial charge is 0.334 e. The number of nitrogens with zero attached hydrogens (tertiary/aromatic N) is 4. The number of non-ortho nitro benzene ring substituents is 1. The van der Waals surface area contributed by atoms with E-state index in [1.54, 1.807) is 24.1 Å². The number of fused-ring (bicyclic) bond motifs is 1. The van der Waals surface area contributed by atoms with Crippen LogP contribution in [0.4, 0.5) is 5.69 Å². The molecule has 2 aromatic heterocycles. The number of carbonyl (C=O) groups is 1. The molecule has 1 aromatic carbocycles. The molecule has 0 saturated heterocycles. The Morgan fingerprint density at radius 3 is 2.63 bits per heavy atom. The summed E-state index contributed by atoms with van der Waals surface area (Å²) in [5, 5.41) is 11.9. The van der Waals surface area contributed by atoms with Crippen molar-refractivity contribution in [2.45, 2.75) is 33.7 Å². The van der Waals surface area contributed by atoms with Gasteiger partial charge in [-0.1, -0.05) is 12.1 Å². The quantitative estimate of drug-likeness (QED) is 0.492. The molecule has 1 amide bonds. The zero-order valence-electron chi connectivity index (χ0n) is 15.8. The second kappa shape index (κ2) is 7.03. The van der Waals surface area contributed by atoms with Gasteiger partial charge < -0.3 is 4.90 Å². The van der Waals surface area contributed by atoms with Crippen molar-refractivity contribution in [3.63, 3.8) is 0 Å². The summed E-state index contributed by atoms with van der Waals surface area (Å²) in [6, 6.07) is 6.06. The van der Waals surface area contributed by atoms with Crippen LogP contribution in [0.5, 0.6) is 0 Å². The molecule has 140 valence electrons. The minimum atomic E-state index is -0.433. The lowest BCUT2D eigenvalue weighted by atomic mass is 10.1. The Bertz CT molecular complexity index is 1060. The maximum atomic E-state index is 13.1. The summed E-state index contributed by atoms with van der Waals surface area (Å²) in [6.45, 7) is 7.51. The Morgan fingerprint density at radius 1 is 1.26 bits per heavy atom. The first-order valence-electron chi connectivity index (χ1n) is 8.46. The van der Waals surface area contributed by atoms with Gasteiger partial charge in [-0.3, -0.25) is 14.9 Å². The SMILES string of the molecule is Cc1nc(C)c2c(C)c(C(=O)N(C)C(C)c3cccc([N+](=O)[O-])c3)sc2n1. The summed E-state index contributed by atoms with van der Waals surface area (Å²) in [5.41, 5.74) is 2.46. The van der Waals surface area contributed by atoms with E-state index in [9.17, 15) is 14.9 Å². The summed E-state index contributed by atoms with van der Waals surface area (Å²) in [5.74, 6) is 0.546. The third kappa shape index (κ3) is 3.40. The Kier molecular flexibility index (Phi) is 4.93. The molecular weight excluding hydrogens is 364 g/mol. The fraction of sp³-hybridized carbons (Fsp3) is 0.316. The Labute approximate surface area is 160 Å². The normalized spacial score (nSPS) is 12.2. The molecule has 0 aliphatic rings. The van der Waals surface area contributed by atoms with E-state index in [2.05, 4.69) is 9.97 Å². The fourth-order valence-corrected chi connectivity index (χ4v) is 4.40. The van der Waals surface area contributed by atoms with E-state index in [4.69, 9.17) is 0 Å². The van der Waals surface area contributed by atoms with Crippen LogP contribution in [0.2, 0.25) is 0 Å². The van der Waals surface area contributed by atoms with Crippen LogP contribution in [-0.4, -0.2) is 32.7 Å². The Morgan fingerprint density at radius 2 is 1.96 bits per heavy atom. The molecule has 3 aromatic rings. The number of benzene rings is 1. The summed E-state index contributed by atoms with van der Waals surface area (Å²) in [6.07, 6.45) is 0.